The molecule has 0 unspecified atom stereocenters. The molecule has 1 aliphatic rings. The zero-order valence-corrected chi connectivity index (χ0v) is 21.1. The minimum atomic E-state index is -3.82. The number of nitrogens with zero attached hydrogens (tertiary/aromatic N) is 3. The molecule has 1 N–H and O–H groups in total. The number of aryl methyl sites for hydroxylation is 2. The highest BCUT2D eigenvalue weighted by atomic mass is 32.2. The Hall–Kier alpha value is -2.63. The molecule has 1 saturated heterocycles. The summed E-state index contributed by atoms with van der Waals surface area (Å²) in [6, 6.07) is 6.06. The summed E-state index contributed by atoms with van der Waals surface area (Å²) in [5.41, 5.74) is 0.840. The summed E-state index contributed by atoms with van der Waals surface area (Å²) in [7, 11) is -3.82. The van der Waals surface area contributed by atoms with Gasteiger partial charge in [0, 0.05) is 29.6 Å². The SMILES string of the molecule is Cc1ccc(NC(=O)[C@@H]2CCCN(S(=O)(=O)c3cc(-c4noc(C(C)C)n4)sc3C)C2)cc1F. The lowest BCUT2D eigenvalue weighted by atomic mass is 9.98. The molecule has 4 rings (SSSR count). The minimum Gasteiger partial charge on any atom is -0.339 e. The van der Waals surface area contributed by atoms with Crippen LogP contribution in [0.3, 0.4) is 0 Å². The van der Waals surface area contributed by atoms with Gasteiger partial charge in [0.15, 0.2) is 0 Å². The van der Waals surface area contributed by atoms with Crippen molar-refractivity contribution in [2.75, 3.05) is 18.4 Å². The van der Waals surface area contributed by atoms with Gasteiger partial charge in [0.1, 0.15) is 5.82 Å². The Kier molecular flexibility index (Phi) is 6.88. The van der Waals surface area contributed by atoms with E-state index in [1.54, 1.807) is 32.0 Å². The molecule has 1 atom stereocenters. The lowest BCUT2D eigenvalue weighted by molar-refractivity contribution is -0.120. The van der Waals surface area contributed by atoms with Crippen molar-refractivity contribution >= 4 is 33.0 Å². The van der Waals surface area contributed by atoms with Crippen LogP contribution in [0, 0.1) is 25.6 Å². The van der Waals surface area contributed by atoms with Crippen LogP contribution in [-0.4, -0.2) is 41.9 Å². The third-order valence-corrected chi connectivity index (χ3v) is 9.01. The van der Waals surface area contributed by atoms with Gasteiger partial charge in [0.05, 0.1) is 15.7 Å². The number of benzene rings is 1. The molecule has 34 heavy (non-hydrogen) atoms. The molecule has 0 radical (unpaired) electrons. The molecular formula is C23H27FN4O4S2. The molecule has 0 saturated carbocycles. The van der Waals surface area contributed by atoms with Gasteiger partial charge in [-0.1, -0.05) is 25.1 Å². The molecule has 3 heterocycles. The first-order valence-electron chi connectivity index (χ1n) is 11.1. The number of carbonyl (C=O) groups excluding carboxylic acids is 1. The van der Waals surface area contributed by atoms with Crippen LogP contribution in [0.5, 0.6) is 0 Å². The van der Waals surface area contributed by atoms with Crippen molar-refractivity contribution in [2.45, 2.75) is 51.3 Å². The molecule has 2 aromatic heterocycles. The molecule has 1 amide bonds. The second-order valence-corrected chi connectivity index (χ2v) is 12.0. The van der Waals surface area contributed by atoms with Gasteiger partial charge in [-0.3, -0.25) is 4.79 Å². The number of nitrogens with one attached hydrogen (secondary N) is 1. The van der Waals surface area contributed by atoms with E-state index in [0.717, 1.165) is 0 Å². The Balaban J connectivity index is 1.51. The van der Waals surface area contributed by atoms with Crippen LogP contribution in [-0.2, 0) is 14.8 Å². The van der Waals surface area contributed by atoms with Crippen molar-refractivity contribution in [3.63, 3.8) is 0 Å². The quantitative estimate of drug-likeness (QED) is 0.519. The highest BCUT2D eigenvalue weighted by Crippen LogP contribution is 2.35. The molecule has 0 spiro atoms. The molecule has 1 aromatic carbocycles. The predicted octanol–water partition coefficient (Wildman–Crippen LogP) is 4.72. The fourth-order valence-electron chi connectivity index (χ4n) is 3.83. The average molecular weight is 507 g/mol. The van der Waals surface area contributed by atoms with Gasteiger partial charge < -0.3 is 9.84 Å². The summed E-state index contributed by atoms with van der Waals surface area (Å²) < 4.78 is 47.4. The topological polar surface area (TPSA) is 105 Å². The number of hydrogen-bond donors (Lipinski definition) is 1. The summed E-state index contributed by atoms with van der Waals surface area (Å²) >= 11 is 1.29. The Labute approximate surface area is 202 Å². The number of halogens is 1. The van der Waals surface area contributed by atoms with E-state index in [1.807, 2.05) is 13.8 Å². The van der Waals surface area contributed by atoms with Crippen LogP contribution in [0.25, 0.3) is 10.7 Å². The Morgan fingerprint density at radius 2 is 2.06 bits per heavy atom. The van der Waals surface area contributed by atoms with Crippen LogP contribution in [0.2, 0.25) is 0 Å². The van der Waals surface area contributed by atoms with E-state index in [9.17, 15) is 17.6 Å². The number of aromatic nitrogens is 2. The number of piperidine rings is 1. The normalized spacial score (nSPS) is 17.3. The monoisotopic (exact) mass is 506 g/mol. The van der Waals surface area contributed by atoms with Crippen LogP contribution in [0.1, 0.15) is 48.9 Å². The van der Waals surface area contributed by atoms with Crippen molar-refractivity contribution in [2.24, 2.45) is 5.92 Å². The maximum Gasteiger partial charge on any atom is 0.244 e. The molecule has 1 fully saturated rings. The number of sulfonamides is 1. The maximum atomic E-state index is 13.8. The van der Waals surface area contributed by atoms with Gasteiger partial charge in [0.25, 0.3) is 0 Å². The second-order valence-electron chi connectivity index (χ2n) is 8.80. The van der Waals surface area contributed by atoms with Gasteiger partial charge >= 0.3 is 0 Å². The standard InChI is InChI=1S/C23H27FN4O4S2/c1-13(2)23-26-21(27-32-23)19-11-20(15(4)33-19)34(30,31)28-9-5-6-16(12-28)22(29)25-17-8-7-14(3)18(24)10-17/h7-8,10-11,13,16H,5-6,9,12H2,1-4H3,(H,25,29)/t16-/m1/s1. The minimum absolute atomic E-state index is 0.0623. The fourth-order valence-corrected chi connectivity index (χ4v) is 6.84. The van der Waals surface area contributed by atoms with E-state index in [2.05, 4.69) is 15.5 Å². The van der Waals surface area contributed by atoms with E-state index in [0.29, 0.717) is 52.1 Å². The predicted molar refractivity (Wildman–Crippen MR) is 128 cm³/mol. The second kappa shape index (κ2) is 9.55. The van der Waals surface area contributed by atoms with Crippen LogP contribution in [0.15, 0.2) is 33.7 Å². The van der Waals surface area contributed by atoms with Crippen molar-refractivity contribution in [1.82, 2.24) is 14.4 Å². The Morgan fingerprint density at radius 3 is 2.74 bits per heavy atom. The van der Waals surface area contributed by atoms with Crippen LogP contribution in [0.4, 0.5) is 10.1 Å². The number of rotatable bonds is 6. The van der Waals surface area contributed by atoms with E-state index in [-0.39, 0.29) is 23.3 Å². The summed E-state index contributed by atoms with van der Waals surface area (Å²) in [5, 5.41) is 6.69. The van der Waals surface area contributed by atoms with Crippen LogP contribution >= 0.6 is 11.3 Å². The molecule has 3 aromatic rings. The lowest BCUT2D eigenvalue weighted by Crippen LogP contribution is -2.43. The Bertz CT molecular complexity index is 1320. The highest BCUT2D eigenvalue weighted by Gasteiger charge is 2.35. The highest BCUT2D eigenvalue weighted by molar-refractivity contribution is 7.89. The summed E-state index contributed by atoms with van der Waals surface area (Å²) in [6.45, 7) is 7.65. The molecule has 11 heteroatoms. The first-order valence-corrected chi connectivity index (χ1v) is 13.3. The molecule has 8 nitrogen and oxygen atoms in total. The van der Waals surface area contributed by atoms with Crippen molar-refractivity contribution in [3.05, 3.63) is 46.4 Å². The van der Waals surface area contributed by atoms with Gasteiger partial charge in [0.2, 0.25) is 27.6 Å². The average Bonchev–Trinajstić information content (AvgIpc) is 3.44. The first kappa shape index (κ1) is 24.5. The number of anilines is 1. The number of carbonyl (C=O) groups is 1. The van der Waals surface area contributed by atoms with E-state index < -0.39 is 21.8 Å². The molecule has 1 aliphatic heterocycles. The van der Waals surface area contributed by atoms with Gasteiger partial charge in [-0.2, -0.15) is 9.29 Å². The smallest absolute Gasteiger partial charge is 0.244 e. The molecule has 0 bridgehead atoms. The van der Waals surface area contributed by atoms with Crippen molar-refractivity contribution in [3.8, 4) is 10.7 Å². The summed E-state index contributed by atoms with van der Waals surface area (Å²) in [6.07, 6.45) is 1.11. The summed E-state index contributed by atoms with van der Waals surface area (Å²) in [4.78, 5) is 18.6. The van der Waals surface area contributed by atoms with E-state index in [4.69, 9.17) is 4.52 Å². The number of hydrogen-bond acceptors (Lipinski definition) is 7. The molecular weight excluding hydrogens is 479 g/mol. The summed E-state index contributed by atoms with van der Waals surface area (Å²) in [5.74, 6) is -0.339. The van der Waals surface area contributed by atoms with Gasteiger partial charge in [-0.25, -0.2) is 12.8 Å². The largest absolute Gasteiger partial charge is 0.339 e. The van der Waals surface area contributed by atoms with Gasteiger partial charge in [-0.05, 0) is 50.5 Å². The third-order valence-electron chi connectivity index (χ3n) is 5.84. The zero-order chi connectivity index (χ0) is 24.6. The first-order chi connectivity index (χ1) is 16.1. The van der Waals surface area contributed by atoms with Crippen LogP contribution < -0.4 is 5.32 Å². The van der Waals surface area contributed by atoms with Crippen molar-refractivity contribution < 1.29 is 22.1 Å². The molecule has 182 valence electrons. The fraction of sp³-hybridized carbons (Fsp3) is 0.435. The lowest BCUT2D eigenvalue weighted by Gasteiger charge is -2.31. The maximum absolute atomic E-state index is 13.8. The number of amides is 1. The van der Waals surface area contributed by atoms with Gasteiger partial charge in [-0.15, -0.1) is 11.3 Å². The van der Waals surface area contributed by atoms with E-state index in [1.165, 1.54) is 21.7 Å². The number of thiophene rings is 1. The third kappa shape index (κ3) is 4.91. The Morgan fingerprint density at radius 1 is 1.29 bits per heavy atom. The van der Waals surface area contributed by atoms with Crippen molar-refractivity contribution in [1.29, 1.82) is 0 Å². The molecule has 0 aliphatic carbocycles. The zero-order valence-electron chi connectivity index (χ0n) is 19.5. The van der Waals surface area contributed by atoms with E-state index >= 15 is 0 Å².